The summed E-state index contributed by atoms with van der Waals surface area (Å²) in [7, 11) is 0. The number of hydrogen-bond acceptors (Lipinski definition) is 1. The van der Waals surface area contributed by atoms with Gasteiger partial charge in [-0.2, -0.15) is 0 Å². The van der Waals surface area contributed by atoms with Crippen molar-refractivity contribution in [1.82, 2.24) is 4.98 Å². The van der Waals surface area contributed by atoms with Crippen LogP contribution in [0.2, 0.25) is 5.02 Å². The molecule has 0 saturated heterocycles. The molecule has 2 rings (SSSR count). The van der Waals surface area contributed by atoms with E-state index in [9.17, 15) is 0 Å². The van der Waals surface area contributed by atoms with E-state index in [2.05, 4.69) is 17.2 Å². The smallest absolute Gasteiger partial charge is 0.0900 e. The van der Waals surface area contributed by atoms with E-state index >= 15 is 0 Å². The van der Waals surface area contributed by atoms with Crippen LogP contribution in [0.25, 0.3) is 10.9 Å². The molecule has 0 atom stereocenters. The number of pyridine rings is 1. The van der Waals surface area contributed by atoms with Gasteiger partial charge in [0.1, 0.15) is 0 Å². The van der Waals surface area contributed by atoms with Gasteiger partial charge in [0.2, 0.25) is 0 Å². The predicted molar refractivity (Wildman–Crippen MR) is 44.4 cm³/mol. The second-order valence-corrected chi connectivity index (χ2v) is 2.63. The van der Waals surface area contributed by atoms with Gasteiger partial charge in [0.25, 0.3) is 0 Å². The van der Waals surface area contributed by atoms with Crippen LogP contribution in [0.3, 0.4) is 0 Å². The third kappa shape index (κ3) is 1.19. The molecule has 0 fully saturated rings. The van der Waals surface area contributed by atoms with Crippen molar-refractivity contribution in [1.29, 1.82) is 0 Å². The van der Waals surface area contributed by atoms with Crippen molar-refractivity contribution >= 4 is 22.5 Å². The molecule has 1 nitrogen and oxygen atoms in total. The van der Waals surface area contributed by atoms with Gasteiger partial charge in [-0.05, 0) is 24.3 Å². The molecule has 11 heavy (non-hydrogen) atoms. The number of halogens is 1. The first-order valence-electron chi connectivity index (χ1n) is 3.20. The zero-order chi connectivity index (χ0) is 7.68. The van der Waals surface area contributed by atoms with Gasteiger partial charge in [-0.3, -0.25) is 0 Å². The quantitative estimate of drug-likeness (QED) is 0.579. The average molecular weight is 162 g/mol. The minimum Gasteiger partial charge on any atom is -0.246 e. The Bertz CT molecular complexity index is 384. The zero-order valence-corrected chi connectivity index (χ0v) is 6.39. The minimum atomic E-state index is 0.693. The minimum absolute atomic E-state index is 0.693. The summed E-state index contributed by atoms with van der Waals surface area (Å²) in [5.74, 6) is 0. The summed E-state index contributed by atoms with van der Waals surface area (Å²) in [6.45, 7) is 0. The number of hydrogen-bond donors (Lipinski definition) is 0. The van der Waals surface area contributed by atoms with Crippen molar-refractivity contribution < 1.29 is 0 Å². The van der Waals surface area contributed by atoms with E-state index in [-0.39, 0.29) is 0 Å². The topological polar surface area (TPSA) is 12.9 Å². The molecule has 1 aromatic heterocycles. The van der Waals surface area contributed by atoms with Crippen molar-refractivity contribution in [2.24, 2.45) is 0 Å². The van der Waals surface area contributed by atoms with Crippen LogP contribution < -0.4 is 0 Å². The predicted octanol–water partition coefficient (Wildman–Crippen LogP) is 2.49. The summed E-state index contributed by atoms with van der Waals surface area (Å²) in [6.07, 6.45) is 2.70. The lowest BCUT2D eigenvalue weighted by atomic mass is 10.2. The van der Waals surface area contributed by atoms with Gasteiger partial charge in [0.15, 0.2) is 0 Å². The van der Waals surface area contributed by atoms with Gasteiger partial charge >= 0.3 is 0 Å². The molecule has 0 saturated carbocycles. The number of nitrogens with zero attached hydrogens (tertiary/aromatic N) is 1. The zero-order valence-electron chi connectivity index (χ0n) is 5.63. The molecule has 2 heteroatoms. The van der Waals surface area contributed by atoms with Gasteiger partial charge in [-0.1, -0.05) is 17.7 Å². The molecule has 1 heterocycles. The van der Waals surface area contributed by atoms with Crippen LogP contribution in [-0.4, -0.2) is 4.98 Å². The van der Waals surface area contributed by atoms with Crippen LogP contribution >= 0.6 is 11.6 Å². The van der Waals surface area contributed by atoms with E-state index in [0.29, 0.717) is 5.02 Å². The van der Waals surface area contributed by atoms with Crippen LogP contribution in [0.1, 0.15) is 0 Å². The van der Waals surface area contributed by atoms with Crippen molar-refractivity contribution in [2.45, 2.75) is 0 Å². The molecule has 0 aliphatic heterocycles. The van der Waals surface area contributed by atoms with Gasteiger partial charge in [0.05, 0.1) is 11.7 Å². The van der Waals surface area contributed by atoms with E-state index in [4.69, 9.17) is 11.6 Å². The molecule has 2 radical (unpaired) electrons. The molecule has 0 N–H and O–H groups in total. The number of aromatic nitrogens is 1. The highest BCUT2D eigenvalue weighted by Gasteiger charge is 1.93. The maximum Gasteiger partial charge on any atom is 0.0900 e. The lowest BCUT2D eigenvalue weighted by molar-refractivity contribution is 1.39. The standard InChI is InChI=1S/C9H4ClN/c10-8-4-3-7-2-1-5-11-9(7)6-8/h1,3-4,6H. The largest absolute Gasteiger partial charge is 0.246 e. The van der Waals surface area contributed by atoms with Crippen molar-refractivity contribution in [3.63, 3.8) is 0 Å². The molecule has 0 unspecified atom stereocenters. The van der Waals surface area contributed by atoms with E-state index in [1.165, 1.54) is 0 Å². The van der Waals surface area contributed by atoms with Crippen molar-refractivity contribution in [3.8, 4) is 0 Å². The summed E-state index contributed by atoms with van der Waals surface area (Å²) in [4.78, 5) is 4.00. The normalized spacial score (nSPS) is 10.3. The Balaban J connectivity index is 2.83. The average Bonchev–Trinajstić information content (AvgIpc) is 2.04. The Labute approximate surface area is 69.6 Å². The Morgan fingerprint density at radius 2 is 2.27 bits per heavy atom. The first kappa shape index (κ1) is 6.62. The van der Waals surface area contributed by atoms with Crippen LogP contribution in [0, 0.1) is 12.3 Å². The molecular weight excluding hydrogens is 158 g/mol. The maximum atomic E-state index is 5.75. The fourth-order valence-corrected chi connectivity index (χ4v) is 1.10. The van der Waals surface area contributed by atoms with Crippen LogP contribution in [0.15, 0.2) is 24.3 Å². The molecule has 0 spiro atoms. The number of fused-ring (bicyclic) bond motifs is 1. The fourth-order valence-electron chi connectivity index (χ4n) is 0.931. The molecule has 1 aromatic carbocycles. The van der Waals surface area contributed by atoms with Crippen molar-refractivity contribution in [3.05, 3.63) is 41.6 Å². The van der Waals surface area contributed by atoms with E-state index in [1.54, 1.807) is 12.1 Å². The highest BCUT2D eigenvalue weighted by Crippen LogP contribution is 2.15. The molecule has 2 aromatic rings. The Kier molecular flexibility index (Phi) is 1.51. The van der Waals surface area contributed by atoms with Gasteiger partial charge < -0.3 is 0 Å². The van der Waals surface area contributed by atoms with Gasteiger partial charge in [-0.25, -0.2) is 4.98 Å². The van der Waals surface area contributed by atoms with E-state index in [1.807, 2.05) is 12.1 Å². The second kappa shape index (κ2) is 2.51. The molecular formula is C9H4ClN. The third-order valence-corrected chi connectivity index (χ3v) is 1.67. The lowest BCUT2D eigenvalue weighted by Gasteiger charge is -1.93. The van der Waals surface area contributed by atoms with Crippen molar-refractivity contribution in [2.75, 3.05) is 0 Å². The molecule has 0 bridgehead atoms. The van der Waals surface area contributed by atoms with E-state index < -0.39 is 0 Å². The Morgan fingerprint density at radius 1 is 1.36 bits per heavy atom. The summed E-state index contributed by atoms with van der Waals surface area (Å²) in [5, 5.41) is 1.66. The number of benzene rings is 1. The summed E-state index contributed by atoms with van der Waals surface area (Å²) >= 11 is 5.75. The van der Waals surface area contributed by atoms with Crippen LogP contribution in [0.4, 0.5) is 0 Å². The molecule has 0 amide bonds. The van der Waals surface area contributed by atoms with Crippen LogP contribution in [-0.2, 0) is 0 Å². The highest BCUT2D eigenvalue weighted by atomic mass is 35.5. The van der Waals surface area contributed by atoms with E-state index in [0.717, 1.165) is 10.9 Å². The summed E-state index contributed by atoms with van der Waals surface area (Å²) in [5.41, 5.74) is 0.833. The fraction of sp³-hybridized carbons (Fsp3) is 0. The first-order chi connectivity index (χ1) is 5.36. The summed E-state index contributed by atoms with van der Waals surface area (Å²) in [6, 6.07) is 10.2. The molecule has 0 aliphatic carbocycles. The maximum absolute atomic E-state index is 5.75. The second-order valence-electron chi connectivity index (χ2n) is 2.19. The monoisotopic (exact) mass is 161 g/mol. The third-order valence-electron chi connectivity index (χ3n) is 1.44. The molecule has 0 aliphatic rings. The Hall–Kier alpha value is -1.08. The van der Waals surface area contributed by atoms with Crippen LogP contribution in [0.5, 0.6) is 0 Å². The lowest BCUT2D eigenvalue weighted by Crippen LogP contribution is -1.76. The summed E-state index contributed by atoms with van der Waals surface area (Å²) < 4.78 is 0. The Morgan fingerprint density at radius 3 is 3.18 bits per heavy atom. The first-order valence-corrected chi connectivity index (χ1v) is 3.58. The molecule has 52 valence electrons. The SMILES string of the molecule is Clc1ccc2[c]c[c]nc2c1. The highest BCUT2D eigenvalue weighted by molar-refractivity contribution is 6.31. The van der Waals surface area contributed by atoms with Gasteiger partial charge in [0, 0.05) is 10.4 Å². The number of rotatable bonds is 0. The van der Waals surface area contributed by atoms with Gasteiger partial charge in [-0.15, -0.1) is 0 Å².